The monoisotopic (exact) mass is 500 g/mol. The number of nitrogens with one attached hydrogen (secondary N) is 3. The molecule has 2 aromatic rings. The second-order valence-electron chi connectivity index (χ2n) is 4.78. The molecule has 1 aromatic heterocycles. The molecule has 0 spiro atoms. The van der Waals surface area contributed by atoms with Gasteiger partial charge in [0, 0.05) is 28.1 Å². The van der Waals surface area contributed by atoms with Crippen molar-refractivity contribution in [1.29, 1.82) is 0 Å². The first-order valence-electron chi connectivity index (χ1n) is 6.81. The molecule has 0 aliphatic rings. The second kappa shape index (κ2) is 8.40. The summed E-state index contributed by atoms with van der Waals surface area (Å²) in [5, 5.41) is 14.1. The van der Waals surface area contributed by atoms with Crippen LogP contribution in [0.3, 0.4) is 0 Å². The van der Waals surface area contributed by atoms with Gasteiger partial charge in [0.1, 0.15) is 17.6 Å². The zero-order valence-electron chi connectivity index (χ0n) is 13.0. The van der Waals surface area contributed by atoms with Crippen molar-refractivity contribution < 1.29 is 40.6 Å². The molecular weight excluding hydrogens is 484 g/mol. The van der Waals surface area contributed by atoms with Crippen molar-refractivity contribution in [2.24, 2.45) is 0 Å². The number of likely N-dealkylation sites (N-methyl/N-ethyl adjacent to an activating group) is 1. The minimum Gasteiger partial charge on any atom is -0.476 e. The molecule has 1 aromatic carbocycles. The summed E-state index contributed by atoms with van der Waals surface area (Å²) in [5.74, 6) is -2.17. The van der Waals surface area contributed by atoms with Crippen molar-refractivity contribution >= 4 is 17.8 Å². The first kappa shape index (κ1) is 19.6. The Morgan fingerprint density at radius 3 is 2.38 bits per heavy atom. The van der Waals surface area contributed by atoms with Gasteiger partial charge in [-0.2, -0.15) is 0 Å². The number of hydrogen-bond donors (Lipinski definition) is 4. The third-order valence-corrected chi connectivity index (χ3v) is 3.17. The van der Waals surface area contributed by atoms with Crippen molar-refractivity contribution in [2.75, 3.05) is 7.05 Å². The van der Waals surface area contributed by atoms with Crippen molar-refractivity contribution in [3.8, 4) is 0 Å². The van der Waals surface area contributed by atoms with E-state index in [0.29, 0.717) is 11.4 Å². The predicted molar refractivity (Wildman–Crippen MR) is 81.0 cm³/mol. The van der Waals surface area contributed by atoms with Gasteiger partial charge in [-0.25, -0.2) is 9.78 Å². The zero-order chi connectivity index (χ0) is 17.0. The van der Waals surface area contributed by atoms with E-state index >= 15 is 0 Å². The number of benzene rings is 1. The number of carboxylic acid groups (broad SMARTS) is 1. The van der Waals surface area contributed by atoms with Gasteiger partial charge in [-0.1, -0.05) is 30.3 Å². The number of aromatic nitrogens is 2. The molecule has 2 amide bonds. The number of amides is 2. The topological polar surface area (TPSA) is 124 Å². The average molecular weight is 500 g/mol. The third-order valence-electron chi connectivity index (χ3n) is 3.17. The molecule has 0 bridgehead atoms. The van der Waals surface area contributed by atoms with Crippen LogP contribution in [-0.4, -0.2) is 39.9 Å². The smallest absolute Gasteiger partial charge is 0.356 e. The van der Waals surface area contributed by atoms with Gasteiger partial charge in [0.05, 0.1) is 0 Å². The van der Waals surface area contributed by atoms with Crippen LogP contribution < -0.4 is 10.6 Å². The second-order valence-corrected chi connectivity index (χ2v) is 4.78. The van der Waals surface area contributed by atoms with E-state index < -0.39 is 23.8 Å². The minimum atomic E-state index is -1.32. The molecule has 0 aliphatic carbocycles. The number of aromatic amines is 1. The molecule has 126 valence electrons. The number of rotatable bonds is 5. The molecule has 0 aliphatic heterocycles. The Kier molecular flexibility index (Phi) is 6.85. The van der Waals surface area contributed by atoms with E-state index in [4.69, 9.17) is 5.11 Å². The van der Waals surface area contributed by atoms with Gasteiger partial charge in [0.2, 0.25) is 5.91 Å². The molecule has 4 N–H and O–H groups in total. The molecule has 8 nitrogen and oxygen atoms in total. The van der Waals surface area contributed by atoms with E-state index in [1.54, 1.807) is 30.3 Å². The van der Waals surface area contributed by atoms with Gasteiger partial charge in [-0.05, 0) is 12.5 Å². The Hall–Kier alpha value is -2.47. The molecule has 2 rings (SSSR count). The molecule has 0 radical (unpaired) electrons. The number of nitrogens with zero attached hydrogens (tertiary/aromatic N) is 1. The van der Waals surface area contributed by atoms with E-state index in [2.05, 4.69) is 20.6 Å². The summed E-state index contributed by atoms with van der Waals surface area (Å²) in [7, 11) is 1.45. The van der Waals surface area contributed by atoms with Crippen LogP contribution in [0.2, 0.25) is 0 Å². The van der Waals surface area contributed by atoms with Gasteiger partial charge < -0.3 is 20.7 Å². The number of aromatic carboxylic acids is 1. The van der Waals surface area contributed by atoms with Crippen molar-refractivity contribution in [2.45, 2.75) is 13.0 Å². The zero-order valence-corrected chi connectivity index (χ0v) is 15.9. The largest absolute Gasteiger partial charge is 0.476 e. The van der Waals surface area contributed by atoms with E-state index in [0.717, 1.165) is 0 Å². The van der Waals surface area contributed by atoms with Crippen LogP contribution in [0.25, 0.3) is 0 Å². The number of carbonyl (C=O) groups excluding carboxylic acids is 2. The quantitative estimate of drug-likeness (QED) is 0.480. The fourth-order valence-corrected chi connectivity index (χ4v) is 2.10. The number of H-pyrrole nitrogens is 1. The Bertz CT molecular complexity index is 745. The maximum atomic E-state index is 12.4. The molecule has 1 atom stereocenters. The Labute approximate surface area is 152 Å². The summed E-state index contributed by atoms with van der Waals surface area (Å²) in [4.78, 5) is 41.9. The summed E-state index contributed by atoms with van der Waals surface area (Å²) >= 11 is 0. The molecule has 9 heteroatoms. The Morgan fingerprint density at radius 2 is 1.83 bits per heavy atom. The summed E-state index contributed by atoms with van der Waals surface area (Å²) in [6, 6.07) is 7.69. The molecule has 0 saturated carbocycles. The normalized spacial score (nSPS) is 11.1. The van der Waals surface area contributed by atoms with Gasteiger partial charge in [-0.15, -0.1) is 0 Å². The summed E-state index contributed by atoms with van der Waals surface area (Å²) in [6.45, 7) is 1.54. The SMILES string of the molecule is CNC(=O)C(NC(=O)c1[nH]c(C)nc1C(=O)O)c1ccccc1.[W]. The third kappa shape index (κ3) is 4.29. The van der Waals surface area contributed by atoms with Crippen LogP contribution in [0, 0.1) is 6.92 Å². The van der Waals surface area contributed by atoms with Crippen LogP contribution in [-0.2, 0) is 25.9 Å². The summed E-state index contributed by atoms with van der Waals surface area (Å²) in [5.41, 5.74) is -0.00290. The van der Waals surface area contributed by atoms with Crippen LogP contribution in [0.15, 0.2) is 30.3 Å². The maximum Gasteiger partial charge on any atom is 0.356 e. The standard InChI is InChI=1S/C15H16N4O4.W/c1-8-17-11(12(18-8)15(22)23)14(21)19-10(13(20)16-2)9-6-4-3-5-7-9;/h3-7,10H,1-2H3,(H,16,20)(H,17,18)(H,19,21)(H,22,23);. The number of carbonyl (C=O) groups is 3. The Balaban J connectivity index is 0.00000288. The minimum absolute atomic E-state index is 0. The van der Waals surface area contributed by atoms with Crippen molar-refractivity contribution in [3.63, 3.8) is 0 Å². The first-order valence-corrected chi connectivity index (χ1v) is 6.81. The van der Waals surface area contributed by atoms with Crippen molar-refractivity contribution in [1.82, 2.24) is 20.6 Å². The van der Waals surface area contributed by atoms with E-state index in [1.165, 1.54) is 14.0 Å². The van der Waals surface area contributed by atoms with Gasteiger partial charge in [0.25, 0.3) is 5.91 Å². The van der Waals surface area contributed by atoms with Crippen LogP contribution in [0.5, 0.6) is 0 Å². The number of imidazole rings is 1. The van der Waals surface area contributed by atoms with E-state index in [1.807, 2.05) is 0 Å². The summed E-state index contributed by atoms with van der Waals surface area (Å²) in [6.07, 6.45) is 0. The molecule has 0 fully saturated rings. The molecule has 0 saturated heterocycles. The van der Waals surface area contributed by atoms with Crippen LogP contribution in [0.4, 0.5) is 0 Å². The van der Waals surface area contributed by atoms with E-state index in [9.17, 15) is 14.4 Å². The molecule has 24 heavy (non-hydrogen) atoms. The van der Waals surface area contributed by atoms with Gasteiger partial charge in [0.15, 0.2) is 5.69 Å². The fraction of sp³-hybridized carbons (Fsp3) is 0.200. The Morgan fingerprint density at radius 1 is 1.21 bits per heavy atom. The number of carboxylic acids is 1. The first-order chi connectivity index (χ1) is 10.9. The van der Waals surface area contributed by atoms with Crippen LogP contribution >= 0.6 is 0 Å². The summed E-state index contributed by atoms with van der Waals surface area (Å²) < 4.78 is 0. The van der Waals surface area contributed by atoms with Crippen molar-refractivity contribution in [3.05, 3.63) is 53.1 Å². The number of hydrogen-bond acceptors (Lipinski definition) is 4. The van der Waals surface area contributed by atoms with E-state index in [-0.39, 0.29) is 32.5 Å². The van der Waals surface area contributed by atoms with Gasteiger partial charge >= 0.3 is 5.97 Å². The molecular formula is C15H16N4O4W. The number of aryl methyl sites for hydroxylation is 1. The van der Waals surface area contributed by atoms with Gasteiger partial charge in [-0.3, -0.25) is 9.59 Å². The molecule has 1 heterocycles. The van der Waals surface area contributed by atoms with Crippen LogP contribution in [0.1, 0.15) is 38.4 Å². The molecule has 1 unspecified atom stereocenters. The maximum absolute atomic E-state index is 12.4. The fourth-order valence-electron chi connectivity index (χ4n) is 2.10. The average Bonchev–Trinajstić information content (AvgIpc) is 2.95. The predicted octanol–water partition coefficient (Wildman–Crippen LogP) is 0.631.